The molecule has 0 heterocycles. The summed E-state index contributed by atoms with van der Waals surface area (Å²) in [6, 6.07) is -0.00926. The number of thiocarbonyl (C=S) groups is 1. The van der Waals surface area contributed by atoms with Gasteiger partial charge in [-0.1, -0.05) is 33.0 Å². The summed E-state index contributed by atoms with van der Waals surface area (Å²) in [7, 11) is 0. The third-order valence-corrected chi connectivity index (χ3v) is 1.86. The SMILES string of the molecule is CC(=O)NC(C(C)=S)C(C)(C)C. The highest BCUT2D eigenvalue weighted by Gasteiger charge is 2.26. The van der Waals surface area contributed by atoms with Crippen LogP contribution in [0, 0.1) is 5.41 Å². The largest absolute Gasteiger partial charge is 0.349 e. The Balaban J connectivity index is 4.46. The van der Waals surface area contributed by atoms with E-state index in [1.165, 1.54) is 6.92 Å². The van der Waals surface area contributed by atoms with E-state index in [1.54, 1.807) is 0 Å². The first-order valence-electron chi connectivity index (χ1n) is 4.02. The second kappa shape index (κ2) is 3.99. The van der Waals surface area contributed by atoms with Gasteiger partial charge in [-0.2, -0.15) is 0 Å². The van der Waals surface area contributed by atoms with Gasteiger partial charge in [0.25, 0.3) is 0 Å². The van der Waals surface area contributed by atoms with Gasteiger partial charge in [-0.3, -0.25) is 4.79 Å². The molecule has 1 unspecified atom stereocenters. The Kier molecular flexibility index (Phi) is 3.84. The minimum absolute atomic E-state index is 0.00248. The van der Waals surface area contributed by atoms with Gasteiger partial charge in [0.2, 0.25) is 5.91 Å². The average molecular weight is 187 g/mol. The molecule has 0 aromatic heterocycles. The van der Waals surface area contributed by atoms with Gasteiger partial charge in [-0.05, 0) is 12.3 Å². The summed E-state index contributed by atoms with van der Waals surface area (Å²) in [5.74, 6) is -0.0286. The summed E-state index contributed by atoms with van der Waals surface area (Å²) in [5.41, 5.74) is -0.00248. The van der Waals surface area contributed by atoms with Crippen molar-refractivity contribution in [3.63, 3.8) is 0 Å². The third kappa shape index (κ3) is 3.81. The molecule has 0 spiro atoms. The molecule has 1 atom stereocenters. The summed E-state index contributed by atoms with van der Waals surface area (Å²) in [5, 5.41) is 2.84. The molecule has 0 fully saturated rings. The van der Waals surface area contributed by atoms with E-state index in [0.717, 1.165) is 4.86 Å². The van der Waals surface area contributed by atoms with E-state index >= 15 is 0 Å². The third-order valence-electron chi connectivity index (χ3n) is 1.62. The van der Waals surface area contributed by atoms with Crippen molar-refractivity contribution >= 4 is 23.0 Å². The Morgan fingerprint density at radius 2 is 1.75 bits per heavy atom. The molecule has 0 aliphatic rings. The number of carbonyl (C=O) groups is 1. The Morgan fingerprint density at radius 3 is 1.83 bits per heavy atom. The van der Waals surface area contributed by atoms with Gasteiger partial charge in [0.05, 0.1) is 6.04 Å². The summed E-state index contributed by atoms with van der Waals surface area (Å²) in [6.07, 6.45) is 0. The Morgan fingerprint density at radius 1 is 1.33 bits per heavy atom. The number of hydrogen-bond acceptors (Lipinski definition) is 2. The van der Waals surface area contributed by atoms with Crippen molar-refractivity contribution in [2.75, 3.05) is 0 Å². The van der Waals surface area contributed by atoms with Crippen molar-refractivity contribution in [1.82, 2.24) is 5.32 Å². The van der Waals surface area contributed by atoms with E-state index in [0.29, 0.717) is 0 Å². The Labute approximate surface area is 79.7 Å². The predicted molar refractivity (Wildman–Crippen MR) is 55.3 cm³/mol. The predicted octanol–water partition coefficient (Wildman–Crippen LogP) is 1.93. The van der Waals surface area contributed by atoms with Crippen LogP contribution in [-0.4, -0.2) is 16.8 Å². The van der Waals surface area contributed by atoms with E-state index in [-0.39, 0.29) is 17.4 Å². The summed E-state index contributed by atoms with van der Waals surface area (Å²) < 4.78 is 0. The van der Waals surface area contributed by atoms with Crippen molar-refractivity contribution in [2.45, 2.75) is 40.7 Å². The van der Waals surface area contributed by atoms with Crippen molar-refractivity contribution in [3.8, 4) is 0 Å². The highest BCUT2D eigenvalue weighted by atomic mass is 32.1. The van der Waals surface area contributed by atoms with Crippen LogP contribution in [0.5, 0.6) is 0 Å². The molecule has 2 nitrogen and oxygen atoms in total. The summed E-state index contributed by atoms with van der Waals surface area (Å²) in [6.45, 7) is 9.55. The molecular formula is C9H17NOS. The smallest absolute Gasteiger partial charge is 0.217 e. The first-order valence-corrected chi connectivity index (χ1v) is 4.43. The summed E-state index contributed by atoms with van der Waals surface area (Å²) in [4.78, 5) is 11.7. The maximum Gasteiger partial charge on any atom is 0.217 e. The van der Waals surface area contributed by atoms with E-state index in [2.05, 4.69) is 26.1 Å². The van der Waals surface area contributed by atoms with Gasteiger partial charge in [-0.15, -0.1) is 0 Å². The van der Waals surface area contributed by atoms with Crippen molar-refractivity contribution < 1.29 is 4.79 Å². The monoisotopic (exact) mass is 187 g/mol. The lowest BCUT2D eigenvalue weighted by molar-refractivity contribution is -0.119. The Bertz CT molecular complexity index is 193. The maximum atomic E-state index is 10.8. The highest BCUT2D eigenvalue weighted by molar-refractivity contribution is 7.80. The molecule has 0 aromatic carbocycles. The highest BCUT2D eigenvalue weighted by Crippen LogP contribution is 2.20. The van der Waals surface area contributed by atoms with Gasteiger partial charge in [0.1, 0.15) is 0 Å². The zero-order valence-electron chi connectivity index (χ0n) is 8.39. The maximum absolute atomic E-state index is 10.8. The minimum Gasteiger partial charge on any atom is -0.349 e. The molecule has 3 heteroatoms. The van der Waals surface area contributed by atoms with Crippen LogP contribution in [0.1, 0.15) is 34.6 Å². The molecule has 1 amide bonds. The Hall–Kier alpha value is -0.440. The lowest BCUT2D eigenvalue weighted by Gasteiger charge is -2.30. The van der Waals surface area contributed by atoms with Crippen molar-refractivity contribution in [2.24, 2.45) is 5.41 Å². The van der Waals surface area contributed by atoms with Crippen LogP contribution in [0.3, 0.4) is 0 Å². The van der Waals surface area contributed by atoms with Gasteiger partial charge in [-0.25, -0.2) is 0 Å². The second-order valence-corrected chi connectivity index (χ2v) is 4.75. The molecule has 0 aliphatic carbocycles. The molecular weight excluding hydrogens is 170 g/mol. The second-order valence-electron chi connectivity index (χ2n) is 4.11. The van der Waals surface area contributed by atoms with Crippen LogP contribution in [0.25, 0.3) is 0 Å². The lowest BCUT2D eigenvalue weighted by Crippen LogP contribution is -2.46. The molecule has 0 aromatic rings. The van der Waals surface area contributed by atoms with Crippen molar-refractivity contribution in [1.29, 1.82) is 0 Å². The summed E-state index contributed by atoms with van der Waals surface area (Å²) >= 11 is 5.07. The average Bonchev–Trinajstić information content (AvgIpc) is 1.79. The molecule has 0 saturated carbocycles. The minimum atomic E-state index is -0.0286. The number of amides is 1. The molecule has 1 N–H and O–H groups in total. The van der Waals surface area contributed by atoms with Crippen LogP contribution in [0.4, 0.5) is 0 Å². The fourth-order valence-electron chi connectivity index (χ4n) is 1.13. The number of rotatable bonds is 2. The van der Waals surface area contributed by atoms with E-state index in [4.69, 9.17) is 12.2 Å². The van der Waals surface area contributed by atoms with Crippen LogP contribution < -0.4 is 5.32 Å². The number of carbonyl (C=O) groups excluding carboxylic acids is 1. The fraction of sp³-hybridized carbons (Fsp3) is 0.778. The van der Waals surface area contributed by atoms with Crippen molar-refractivity contribution in [3.05, 3.63) is 0 Å². The molecule has 0 bridgehead atoms. The standard InChI is InChI=1S/C9H17NOS/c1-6(12)8(9(3,4)5)10-7(2)11/h8H,1-5H3,(H,10,11). The van der Waals surface area contributed by atoms with Crippen LogP contribution in [0.15, 0.2) is 0 Å². The van der Waals surface area contributed by atoms with Crippen LogP contribution in [0.2, 0.25) is 0 Å². The van der Waals surface area contributed by atoms with Gasteiger partial charge < -0.3 is 5.32 Å². The molecule has 0 aliphatic heterocycles. The van der Waals surface area contributed by atoms with Gasteiger partial charge in [0.15, 0.2) is 0 Å². The van der Waals surface area contributed by atoms with E-state index in [1.807, 2.05) is 6.92 Å². The first kappa shape index (κ1) is 11.6. The normalized spacial score (nSPS) is 13.8. The molecule has 12 heavy (non-hydrogen) atoms. The van der Waals surface area contributed by atoms with E-state index < -0.39 is 0 Å². The van der Waals surface area contributed by atoms with E-state index in [9.17, 15) is 4.79 Å². The van der Waals surface area contributed by atoms with Gasteiger partial charge in [0, 0.05) is 11.8 Å². The van der Waals surface area contributed by atoms with Gasteiger partial charge >= 0.3 is 0 Å². The first-order chi connectivity index (χ1) is 5.25. The molecule has 0 saturated heterocycles. The fourth-order valence-corrected chi connectivity index (χ4v) is 1.54. The number of nitrogens with one attached hydrogen (secondary N) is 1. The molecule has 70 valence electrons. The van der Waals surface area contributed by atoms with Crippen LogP contribution in [-0.2, 0) is 4.79 Å². The number of hydrogen-bond donors (Lipinski definition) is 1. The lowest BCUT2D eigenvalue weighted by atomic mass is 9.85. The zero-order chi connectivity index (χ0) is 9.94. The molecule has 0 radical (unpaired) electrons. The van der Waals surface area contributed by atoms with Crippen LogP contribution >= 0.6 is 12.2 Å². The quantitative estimate of drug-likeness (QED) is 0.669. The molecule has 0 rings (SSSR count). The zero-order valence-corrected chi connectivity index (χ0v) is 9.21. The topological polar surface area (TPSA) is 29.1 Å².